The predicted octanol–water partition coefficient (Wildman–Crippen LogP) is 3.59. The van der Waals surface area contributed by atoms with Crippen LogP contribution in [0.5, 0.6) is 0 Å². The van der Waals surface area contributed by atoms with Gasteiger partial charge in [-0.3, -0.25) is 0 Å². The summed E-state index contributed by atoms with van der Waals surface area (Å²) in [5.74, 6) is 0.505. The van der Waals surface area contributed by atoms with Gasteiger partial charge in [-0.05, 0) is 49.6 Å². The maximum absolute atomic E-state index is 13.7. The van der Waals surface area contributed by atoms with Crippen LogP contribution in [0.4, 0.5) is 10.1 Å². The molecule has 0 saturated carbocycles. The van der Waals surface area contributed by atoms with Gasteiger partial charge in [-0.15, -0.1) is 0 Å². The standard InChI is InChI=1S/C16H27FN2/c1-4-13(5-2)12-19(6-3)16-10-14(7-8-18)9-15(17)11-16/h9-11,13H,4-8,12,18H2,1-3H3. The third-order valence-corrected chi connectivity index (χ3v) is 3.76. The van der Waals surface area contributed by atoms with Crippen molar-refractivity contribution >= 4 is 5.69 Å². The second-order valence-electron chi connectivity index (χ2n) is 5.08. The fourth-order valence-electron chi connectivity index (χ4n) is 2.40. The quantitative estimate of drug-likeness (QED) is 0.779. The van der Waals surface area contributed by atoms with E-state index in [9.17, 15) is 4.39 Å². The van der Waals surface area contributed by atoms with Crippen LogP contribution in [0.15, 0.2) is 18.2 Å². The molecule has 19 heavy (non-hydrogen) atoms. The third kappa shape index (κ3) is 4.83. The Morgan fingerprint density at radius 3 is 2.37 bits per heavy atom. The van der Waals surface area contributed by atoms with Gasteiger partial charge in [-0.25, -0.2) is 4.39 Å². The van der Waals surface area contributed by atoms with Gasteiger partial charge in [-0.1, -0.05) is 26.7 Å². The van der Waals surface area contributed by atoms with Gasteiger partial charge in [0.25, 0.3) is 0 Å². The summed E-state index contributed by atoms with van der Waals surface area (Å²) in [6, 6.07) is 5.29. The normalized spacial score (nSPS) is 11.1. The number of rotatable bonds is 8. The van der Waals surface area contributed by atoms with Gasteiger partial charge in [0.1, 0.15) is 5.82 Å². The maximum Gasteiger partial charge on any atom is 0.125 e. The van der Waals surface area contributed by atoms with Crippen molar-refractivity contribution in [3.8, 4) is 0 Å². The number of benzene rings is 1. The van der Waals surface area contributed by atoms with E-state index >= 15 is 0 Å². The minimum absolute atomic E-state index is 0.163. The molecular formula is C16H27FN2. The first-order chi connectivity index (χ1) is 9.14. The molecule has 108 valence electrons. The molecule has 0 spiro atoms. The van der Waals surface area contributed by atoms with Crippen LogP contribution >= 0.6 is 0 Å². The van der Waals surface area contributed by atoms with E-state index in [0.29, 0.717) is 12.5 Å². The maximum atomic E-state index is 13.7. The molecular weight excluding hydrogens is 239 g/mol. The summed E-state index contributed by atoms with van der Waals surface area (Å²) in [5.41, 5.74) is 7.53. The van der Waals surface area contributed by atoms with E-state index in [-0.39, 0.29) is 5.82 Å². The minimum atomic E-state index is -0.163. The van der Waals surface area contributed by atoms with Gasteiger partial charge >= 0.3 is 0 Å². The van der Waals surface area contributed by atoms with Gasteiger partial charge in [0.2, 0.25) is 0 Å². The Kier molecular flexibility index (Phi) is 6.85. The number of anilines is 1. The zero-order chi connectivity index (χ0) is 14.3. The minimum Gasteiger partial charge on any atom is -0.371 e. The first kappa shape index (κ1) is 16.0. The fourth-order valence-corrected chi connectivity index (χ4v) is 2.40. The molecule has 0 aromatic heterocycles. The summed E-state index contributed by atoms with van der Waals surface area (Å²) in [6.45, 7) is 9.01. The summed E-state index contributed by atoms with van der Waals surface area (Å²) in [6.07, 6.45) is 3.06. The lowest BCUT2D eigenvalue weighted by Gasteiger charge is -2.28. The topological polar surface area (TPSA) is 29.3 Å². The van der Waals surface area contributed by atoms with Crippen molar-refractivity contribution in [1.82, 2.24) is 0 Å². The van der Waals surface area contributed by atoms with Crippen LogP contribution in [0.25, 0.3) is 0 Å². The van der Waals surface area contributed by atoms with Crippen LogP contribution in [0.1, 0.15) is 39.2 Å². The molecule has 1 aromatic carbocycles. The largest absolute Gasteiger partial charge is 0.371 e. The molecule has 0 aliphatic carbocycles. The molecule has 0 radical (unpaired) electrons. The van der Waals surface area contributed by atoms with Crippen molar-refractivity contribution in [1.29, 1.82) is 0 Å². The summed E-state index contributed by atoms with van der Waals surface area (Å²) in [7, 11) is 0. The molecule has 2 nitrogen and oxygen atoms in total. The van der Waals surface area contributed by atoms with Crippen LogP contribution in [0.2, 0.25) is 0 Å². The number of hydrogen-bond acceptors (Lipinski definition) is 2. The van der Waals surface area contributed by atoms with E-state index in [1.165, 1.54) is 0 Å². The van der Waals surface area contributed by atoms with Crippen molar-refractivity contribution in [2.75, 3.05) is 24.5 Å². The van der Waals surface area contributed by atoms with Crippen molar-refractivity contribution in [3.63, 3.8) is 0 Å². The molecule has 0 atom stereocenters. The zero-order valence-corrected chi connectivity index (χ0v) is 12.5. The highest BCUT2D eigenvalue weighted by Crippen LogP contribution is 2.21. The van der Waals surface area contributed by atoms with E-state index in [1.807, 2.05) is 0 Å². The zero-order valence-electron chi connectivity index (χ0n) is 12.5. The molecule has 0 heterocycles. The average molecular weight is 266 g/mol. The molecule has 0 fully saturated rings. The Morgan fingerprint density at radius 2 is 1.84 bits per heavy atom. The van der Waals surface area contributed by atoms with E-state index in [4.69, 9.17) is 5.73 Å². The third-order valence-electron chi connectivity index (χ3n) is 3.76. The second-order valence-corrected chi connectivity index (χ2v) is 5.08. The molecule has 0 unspecified atom stereocenters. The molecule has 0 aliphatic heterocycles. The van der Waals surface area contributed by atoms with E-state index in [0.717, 1.165) is 43.6 Å². The lowest BCUT2D eigenvalue weighted by atomic mass is 10.0. The van der Waals surface area contributed by atoms with Crippen LogP contribution in [-0.2, 0) is 6.42 Å². The Bertz CT molecular complexity index is 375. The molecule has 0 bridgehead atoms. The average Bonchev–Trinajstić information content (AvgIpc) is 2.40. The van der Waals surface area contributed by atoms with Gasteiger partial charge in [0.05, 0.1) is 0 Å². The molecule has 1 rings (SSSR count). The van der Waals surface area contributed by atoms with E-state index in [2.05, 4.69) is 31.7 Å². The first-order valence-electron chi connectivity index (χ1n) is 7.38. The van der Waals surface area contributed by atoms with Crippen LogP contribution in [0.3, 0.4) is 0 Å². The van der Waals surface area contributed by atoms with Gasteiger partial charge in [0.15, 0.2) is 0 Å². The number of hydrogen-bond donors (Lipinski definition) is 1. The summed E-state index contributed by atoms with van der Waals surface area (Å²) in [4.78, 5) is 2.26. The van der Waals surface area contributed by atoms with Crippen LogP contribution < -0.4 is 10.6 Å². The molecule has 0 aliphatic rings. The highest BCUT2D eigenvalue weighted by Gasteiger charge is 2.12. The van der Waals surface area contributed by atoms with Gasteiger partial charge < -0.3 is 10.6 Å². The molecule has 1 aromatic rings. The Labute approximate surface area is 116 Å². The molecule has 2 N–H and O–H groups in total. The highest BCUT2D eigenvalue weighted by atomic mass is 19.1. The Morgan fingerprint density at radius 1 is 1.16 bits per heavy atom. The highest BCUT2D eigenvalue weighted by molar-refractivity contribution is 5.49. The molecule has 3 heteroatoms. The van der Waals surface area contributed by atoms with Crippen LogP contribution in [-0.4, -0.2) is 19.6 Å². The van der Waals surface area contributed by atoms with Crippen molar-refractivity contribution in [3.05, 3.63) is 29.6 Å². The number of nitrogens with zero attached hydrogens (tertiary/aromatic N) is 1. The summed E-state index contributed by atoms with van der Waals surface area (Å²) >= 11 is 0. The smallest absolute Gasteiger partial charge is 0.125 e. The van der Waals surface area contributed by atoms with Gasteiger partial charge in [0, 0.05) is 18.8 Å². The predicted molar refractivity (Wildman–Crippen MR) is 81.1 cm³/mol. The second kappa shape index (κ2) is 8.16. The van der Waals surface area contributed by atoms with Gasteiger partial charge in [-0.2, -0.15) is 0 Å². The van der Waals surface area contributed by atoms with Crippen molar-refractivity contribution in [2.24, 2.45) is 11.7 Å². The number of nitrogens with two attached hydrogens (primary N) is 1. The lowest BCUT2D eigenvalue weighted by Crippen LogP contribution is -2.29. The van der Waals surface area contributed by atoms with Crippen molar-refractivity contribution in [2.45, 2.75) is 40.0 Å². The Hall–Kier alpha value is -1.09. The van der Waals surface area contributed by atoms with Crippen molar-refractivity contribution < 1.29 is 4.39 Å². The number of halogens is 1. The van der Waals surface area contributed by atoms with Crippen LogP contribution in [0, 0.1) is 11.7 Å². The lowest BCUT2D eigenvalue weighted by molar-refractivity contribution is 0.485. The Balaban J connectivity index is 2.90. The van der Waals surface area contributed by atoms with E-state index < -0.39 is 0 Å². The van der Waals surface area contributed by atoms with E-state index in [1.54, 1.807) is 12.1 Å². The monoisotopic (exact) mass is 266 g/mol. The first-order valence-corrected chi connectivity index (χ1v) is 7.38. The molecule has 0 saturated heterocycles. The summed E-state index contributed by atoms with van der Waals surface area (Å²) in [5, 5.41) is 0. The SMILES string of the molecule is CCC(CC)CN(CC)c1cc(F)cc(CCN)c1. The fraction of sp³-hybridized carbons (Fsp3) is 0.625. The molecule has 0 amide bonds. The summed E-state index contributed by atoms with van der Waals surface area (Å²) < 4.78 is 13.7.